The van der Waals surface area contributed by atoms with Crippen molar-refractivity contribution in [2.24, 2.45) is 11.8 Å². The molecular weight excluding hydrogens is 295 g/mol. The number of hydrogen-bond donors (Lipinski definition) is 1. The van der Waals surface area contributed by atoms with E-state index in [9.17, 15) is 14.0 Å². The summed E-state index contributed by atoms with van der Waals surface area (Å²) in [7, 11) is 0. The lowest BCUT2D eigenvalue weighted by Gasteiger charge is -2.33. The van der Waals surface area contributed by atoms with Gasteiger partial charge in [0.2, 0.25) is 5.91 Å². The summed E-state index contributed by atoms with van der Waals surface area (Å²) in [5.74, 6) is -0.232. The molecule has 0 unspecified atom stereocenters. The van der Waals surface area contributed by atoms with Crippen LogP contribution < -0.4 is 5.32 Å². The maximum Gasteiger partial charge on any atom is 0.253 e. The van der Waals surface area contributed by atoms with Crippen LogP contribution in [0.1, 0.15) is 42.6 Å². The van der Waals surface area contributed by atoms with Crippen LogP contribution in [0.15, 0.2) is 18.2 Å². The minimum atomic E-state index is -0.353. The zero-order valence-corrected chi connectivity index (χ0v) is 14.1. The fraction of sp³-hybridized carbons (Fsp3) is 0.556. The second kappa shape index (κ2) is 7.57. The van der Waals surface area contributed by atoms with E-state index >= 15 is 0 Å². The molecule has 5 heteroatoms. The van der Waals surface area contributed by atoms with Crippen LogP contribution in [-0.4, -0.2) is 36.3 Å². The monoisotopic (exact) mass is 320 g/mol. The van der Waals surface area contributed by atoms with Crippen molar-refractivity contribution in [2.75, 3.05) is 19.6 Å². The maximum atomic E-state index is 13.7. The molecule has 1 aliphatic heterocycles. The molecule has 1 fully saturated rings. The number of carbonyl (C=O) groups excluding carboxylic acids is 2. The predicted molar refractivity (Wildman–Crippen MR) is 87.6 cm³/mol. The van der Waals surface area contributed by atoms with E-state index in [0.717, 1.165) is 12.8 Å². The standard InChI is InChI=1S/C18H25FN2O2/c1-12(2)17(22)20-10-14-5-4-8-21(11-14)18(23)15-7-6-13(3)16(19)9-15/h6-7,9,12,14H,4-5,8,10-11H2,1-3H3,(H,20,22)/t14-/m0/s1. The van der Waals surface area contributed by atoms with E-state index in [0.29, 0.717) is 30.8 Å². The number of halogens is 1. The highest BCUT2D eigenvalue weighted by Crippen LogP contribution is 2.19. The first kappa shape index (κ1) is 17.4. The van der Waals surface area contributed by atoms with E-state index in [-0.39, 0.29) is 29.5 Å². The first-order valence-electron chi connectivity index (χ1n) is 8.21. The van der Waals surface area contributed by atoms with Crippen LogP contribution in [-0.2, 0) is 4.79 Å². The average molecular weight is 320 g/mol. The summed E-state index contributed by atoms with van der Waals surface area (Å²) in [4.78, 5) is 25.9. The van der Waals surface area contributed by atoms with Crippen LogP contribution in [0, 0.1) is 24.6 Å². The van der Waals surface area contributed by atoms with Crippen LogP contribution in [0.3, 0.4) is 0 Å². The Morgan fingerprint density at radius 2 is 2.13 bits per heavy atom. The number of aryl methyl sites for hydroxylation is 1. The summed E-state index contributed by atoms with van der Waals surface area (Å²) in [5.41, 5.74) is 0.925. The number of carbonyl (C=O) groups is 2. The number of nitrogens with zero attached hydrogens (tertiary/aromatic N) is 1. The molecule has 1 N–H and O–H groups in total. The van der Waals surface area contributed by atoms with Gasteiger partial charge < -0.3 is 10.2 Å². The number of piperidine rings is 1. The zero-order chi connectivity index (χ0) is 17.0. The van der Waals surface area contributed by atoms with Crippen molar-refractivity contribution in [3.63, 3.8) is 0 Å². The van der Waals surface area contributed by atoms with Gasteiger partial charge in [0, 0.05) is 31.1 Å². The van der Waals surface area contributed by atoms with Gasteiger partial charge >= 0.3 is 0 Å². The highest BCUT2D eigenvalue weighted by molar-refractivity contribution is 5.94. The number of hydrogen-bond acceptors (Lipinski definition) is 2. The van der Waals surface area contributed by atoms with E-state index in [1.54, 1.807) is 24.0 Å². The Hall–Kier alpha value is -1.91. The Balaban J connectivity index is 1.96. The van der Waals surface area contributed by atoms with E-state index in [1.165, 1.54) is 6.07 Å². The Kier molecular flexibility index (Phi) is 5.74. The highest BCUT2D eigenvalue weighted by atomic mass is 19.1. The van der Waals surface area contributed by atoms with Crippen molar-refractivity contribution < 1.29 is 14.0 Å². The summed E-state index contributed by atoms with van der Waals surface area (Å²) >= 11 is 0. The summed E-state index contributed by atoms with van der Waals surface area (Å²) < 4.78 is 13.7. The van der Waals surface area contributed by atoms with Crippen molar-refractivity contribution in [1.82, 2.24) is 10.2 Å². The minimum Gasteiger partial charge on any atom is -0.356 e. The number of amides is 2. The molecule has 0 bridgehead atoms. The van der Waals surface area contributed by atoms with Crippen molar-refractivity contribution in [2.45, 2.75) is 33.6 Å². The van der Waals surface area contributed by atoms with Gasteiger partial charge in [-0.05, 0) is 43.4 Å². The van der Waals surface area contributed by atoms with Crippen LogP contribution >= 0.6 is 0 Å². The third-order valence-electron chi connectivity index (χ3n) is 4.31. The molecule has 4 nitrogen and oxygen atoms in total. The molecule has 0 saturated carbocycles. The average Bonchev–Trinajstić information content (AvgIpc) is 2.54. The van der Waals surface area contributed by atoms with Crippen molar-refractivity contribution in [3.8, 4) is 0 Å². The molecule has 1 aromatic carbocycles. The number of benzene rings is 1. The lowest BCUT2D eigenvalue weighted by Crippen LogP contribution is -2.44. The summed E-state index contributed by atoms with van der Waals surface area (Å²) in [6.45, 7) is 7.27. The number of rotatable bonds is 4. The van der Waals surface area contributed by atoms with Crippen LogP contribution in [0.5, 0.6) is 0 Å². The fourth-order valence-corrected chi connectivity index (χ4v) is 2.77. The summed E-state index contributed by atoms with van der Waals surface area (Å²) in [6.07, 6.45) is 1.90. The lowest BCUT2D eigenvalue weighted by molar-refractivity contribution is -0.124. The lowest BCUT2D eigenvalue weighted by atomic mass is 9.97. The third-order valence-corrected chi connectivity index (χ3v) is 4.31. The number of nitrogens with one attached hydrogen (secondary N) is 1. The third kappa shape index (κ3) is 4.53. The first-order valence-corrected chi connectivity index (χ1v) is 8.21. The zero-order valence-electron chi connectivity index (χ0n) is 14.1. The smallest absolute Gasteiger partial charge is 0.253 e. The van der Waals surface area contributed by atoms with Gasteiger partial charge in [0.15, 0.2) is 0 Å². The maximum absolute atomic E-state index is 13.7. The topological polar surface area (TPSA) is 49.4 Å². The molecule has 1 atom stereocenters. The van der Waals surface area contributed by atoms with Gasteiger partial charge in [0.05, 0.1) is 0 Å². The molecule has 0 spiro atoms. The molecule has 1 aromatic rings. The summed E-state index contributed by atoms with van der Waals surface area (Å²) in [5, 5.41) is 2.93. The van der Waals surface area contributed by atoms with E-state index in [1.807, 2.05) is 13.8 Å². The van der Waals surface area contributed by atoms with Gasteiger partial charge in [-0.2, -0.15) is 0 Å². The molecular formula is C18H25FN2O2. The molecule has 1 aliphatic rings. The Bertz CT molecular complexity index is 586. The predicted octanol–water partition coefficient (Wildman–Crippen LogP) is 2.76. The van der Waals surface area contributed by atoms with Gasteiger partial charge in [-0.25, -0.2) is 4.39 Å². The fourth-order valence-electron chi connectivity index (χ4n) is 2.77. The van der Waals surface area contributed by atoms with Gasteiger partial charge in [-0.15, -0.1) is 0 Å². The van der Waals surface area contributed by atoms with Crippen LogP contribution in [0.4, 0.5) is 4.39 Å². The largest absolute Gasteiger partial charge is 0.356 e. The molecule has 2 amide bonds. The van der Waals surface area contributed by atoms with Gasteiger partial charge in [0.25, 0.3) is 5.91 Å². The SMILES string of the molecule is Cc1ccc(C(=O)N2CCC[C@@H](CNC(=O)C(C)C)C2)cc1F. The van der Waals surface area contributed by atoms with Crippen molar-refractivity contribution >= 4 is 11.8 Å². The van der Waals surface area contributed by atoms with Crippen molar-refractivity contribution in [1.29, 1.82) is 0 Å². The van der Waals surface area contributed by atoms with E-state index in [2.05, 4.69) is 5.32 Å². The quantitative estimate of drug-likeness (QED) is 0.927. The van der Waals surface area contributed by atoms with Crippen LogP contribution in [0.25, 0.3) is 0 Å². The Morgan fingerprint density at radius 1 is 1.39 bits per heavy atom. The molecule has 126 valence electrons. The van der Waals surface area contributed by atoms with Crippen molar-refractivity contribution in [3.05, 3.63) is 35.1 Å². The molecule has 1 saturated heterocycles. The highest BCUT2D eigenvalue weighted by Gasteiger charge is 2.25. The second-order valence-electron chi connectivity index (χ2n) is 6.62. The minimum absolute atomic E-state index is 0.0353. The Morgan fingerprint density at radius 3 is 2.78 bits per heavy atom. The number of likely N-dealkylation sites (tertiary alicyclic amines) is 1. The van der Waals surface area contributed by atoms with Crippen LogP contribution in [0.2, 0.25) is 0 Å². The molecule has 0 radical (unpaired) electrons. The summed E-state index contributed by atoms with van der Waals surface area (Å²) in [6, 6.07) is 4.61. The molecule has 0 aliphatic carbocycles. The van der Waals surface area contributed by atoms with Gasteiger partial charge in [-0.1, -0.05) is 19.9 Å². The van der Waals surface area contributed by atoms with E-state index < -0.39 is 0 Å². The Labute approximate surface area is 137 Å². The molecule has 1 heterocycles. The molecule has 2 rings (SSSR count). The molecule has 0 aromatic heterocycles. The normalized spacial score (nSPS) is 18.1. The second-order valence-corrected chi connectivity index (χ2v) is 6.62. The van der Waals surface area contributed by atoms with Gasteiger partial charge in [-0.3, -0.25) is 9.59 Å². The first-order chi connectivity index (χ1) is 10.9. The molecule has 23 heavy (non-hydrogen) atoms. The van der Waals surface area contributed by atoms with Gasteiger partial charge in [0.1, 0.15) is 5.82 Å². The van der Waals surface area contributed by atoms with E-state index in [4.69, 9.17) is 0 Å².